The smallest absolute Gasteiger partial charge is 0.348 e. The highest BCUT2D eigenvalue weighted by molar-refractivity contribution is 7.89. The molecule has 0 radical (unpaired) electrons. The van der Waals surface area contributed by atoms with E-state index in [1.807, 2.05) is 6.07 Å². The molecule has 29 heavy (non-hydrogen) atoms. The van der Waals surface area contributed by atoms with E-state index in [4.69, 9.17) is 9.88 Å². The van der Waals surface area contributed by atoms with Crippen molar-refractivity contribution in [3.8, 4) is 0 Å². The number of aryl methyl sites for hydroxylation is 2. The number of carbonyl (C=O) groups is 2. The number of fused-ring (bicyclic) bond motifs is 1. The van der Waals surface area contributed by atoms with Crippen LogP contribution in [0.3, 0.4) is 0 Å². The molecule has 1 amide bonds. The number of esters is 1. The normalized spacial score (nSPS) is 14.0. The van der Waals surface area contributed by atoms with Crippen LogP contribution in [0.4, 0.5) is 0 Å². The summed E-state index contributed by atoms with van der Waals surface area (Å²) in [4.78, 5) is 26.0. The van der Waals surface area contributed by atoms with E-state index in [1.165, 1.54) is 40.3 Å². The van der Waals surface area contributed by atoms with Crippen LogP contribution in [0.5, 0.6) is 0 Å². The van der Waals surface area contributed by atoms with Crippen LogP contribution in [0.2, 0.25) is 0 Å². The molecule has 1 aromatic heterocycles. The Morgan fingerprint density at radius 2 is 1.83 bits per heavy atom. The van der Waals surface area contributed by atoms with Crippen molar-refractivity contribution in [2.24, 2.45) is 5.14 Å². The van der Waals surface area contributed by atoms with E-state index in [-0.39, 0.29) is 17.4 Å². The minimum absolute atomic E-state index is 0.0445. The first-order valence-corrected chi connectivity index (χ1v) is 11.9. The van der Waals surface area contributed by atoms with E-state index >= 15 is 0 Å². The zero-order chi connectivity index (χ0) is 20.9. The Morgan fingerprint density at radius 1 is 1.10 bits per heavy atom. The standard InChI is InChI=1S/C20H24N2O5S2/c21-29(25,26)16-8-6-14(7-9-16)10-11-22-19(23)13-27-20(24)18-12-15-4-2-1-3-5-17(15)28-18/h6-9,12H,1-5,10-11,13H2,(H,22,23)(H2,21,25,26). The van der Waals surface area contributed by atoms with E-state index < -0.39 is 16.0 Å². The van der Waals surface area contributed by atoms with Crippen LogP contribution in [0.1, 0.15) is 44.9 Å². The highest BCUT2D eigenvalue weighted by Gasteiger charge is 2.18. The molecule has 0 atom stereocenters. The molecule has 0 aliphatic heterocycles. The summed E-state index contributed by atoms with van der Waals surface area (Å²) in [6, 6.07) is 8.05. The van der Waals surface area contributed by atoms with Gasteiger partial charge >= 0.3 is 5.97 Å². The van der Waals surface area contributed by atoms with Crippen molar-refractivity contribution >= 4 is 33.2 Å². The number of hydrogen-bond acceptors (Lipinski definition) is 6. The third-order valence-corrected chi connectivity index (χ3v) is 6.92. The van der Waals surface area contributed by atoms with Gasteiger partial charge in [0.2, 0.25) is 10.0 Å². The number of carbonyl (C=O) groups excluding carboxylic acids is 2. The molecule has 0 unspecified atom stereocenters. The Kier molecular flexibility index (Phi) is 7.05. The summed E-state index contributed by atoms with van der Waals surface area (Å²) >= 11 is 1.47. The number of amides is 1. The molecule has 3 rings (SSSR count). The van der Waals surface area contributed by atoms with E-state index in [0.29, 0.717) is 17.8 Å². The fourth-order valence-electron chi connectivity index (χ4n) is 3.21. The first kappa shape index (κ1) is 21.5. The van der Waals surface area contributed by atoms with E-state index in [2.05, 4.69) is 5.32 Å². The number of hydrogen-bond donors (Lipinski definition) is 2. The van der Waals surface area contributed by atoms with Crippen molar-refractivity contribution in [2.45, 2.75) is 43.4 Å². The van der Waals surface area contributed by atoms with Crippen LogP contribution in [-0.4, -0.2) is 33.4 Å². The topological polar surface area (TPSA) is 116 Å². The van der Waals surface area contributed by atoms with Crippen molar-refractivity contribution in [1.29, 1.82) is 0 Å². The van der Waals surface area contributed by atoms with Gasteiger partial charge in [0.15, 0.2) is 6.61 Å². The summed E-state index contributed by atoms with van der Waals surface area (Å²) < 4.78 is 27.6. The first-order valence-electron chi connectivity index (χ1n) is 9.50. The van der Waals surface area contributed by atoms with Gasteiger partial charge in [0.1, 0.15) is 4.88 Å². The molecule has 7 nitrogen and oxygen atoms in total. The molecular weight excluding hydrogens is 412 g/mol. The van der Waals surface area contributed by atoms with Gasteiger partial charge in [-0.05, 0) is 61.4 Å². The molecule has 156 valence electrons. The largest absolute Gasteiger partial charge is 0.451 e. The van der Waals surface area contributed by atoms with E-state index in [9.17, 15) is 18.0 Å². The van der Waals surface area contributed by atoms with Crippen molar-refractivity contribution in [2.75, 3.05) is 13.2 Å². The van der Waals surface area contributed by atoms with Gasteiger partial charge in [-0.15, -0.1) is 11.3 Å². The van der Waals surface area contributed by atoms with Crippen LogP contribution in [0.15, 0.2) is 35.2 Å². The van der Waals surface area contributed by atoms with Crippen molar-refractivity contribution < 1.29 is 22.7 Å². The molecular formula is C20H24N2O5S2. The highest BCUT2D eigenvalue weighted by atomic mass is 32.2. The van der Waals surface area contributed by atoms with Gasteiger partial charge in [0.25, 0.3) is 5.91 Å². The number of nitrogens with two attached hydrogens (primary N) is 1. The van der Waals surface area contributed by atoms with Crippen LogP contribution < -0.4 is 10.5 Å². The van der Waals surface area contributed by atoms with Gasteiger partial charge in [-0.1, -0.05) is 18.6 Å². The average molecular weight is 437 g/mol. The summed E-state index contributed by atoms with van der Waals surface area (Å²) in [5.41, 5.74) is 2.09. The monoisotopic (exact) mass is 436 g/mol. The van der Waals surface area contributed by atoms with Crippen molar-refractivity contribution in [1.82, 2.24) is 5.32 Å². The maximum Gasteiger partial charge on any atom is 0.348 e. The number of ether oxygens (including phenoxy) is 1. The predicted molar refractivity (Wildman–Crippen MR) is 110 cm³/mol. The molecule has 0 fully saturated rings. The lowest BCUT2D eigenvalue weighted by atomic mass is 10.1. The Morgan fingerprint density at radius 3 is 2.55 bits per heavy atom. The lowest BCUT2D eigenvalue weighted by Gasteiger charge is -2.07. The predicted octanol–water partition coefficient (Wildman–Crippen LogP) is 2.18. The lowest BCUT2D eigenvalue weighted by molar-refractivity contribution is -0.124. The summed E-state index contributed by atoms with van der Waals surface area (Å²) in [5, 5.41) is 7.74. The maximum atomic E-state index is 12.2. The number of benzene rings is 1. The number of thiophene rings is 1. The molecule has 1 heterocycles. The number of primary sulfonamides is 1. The molecule has 9 heteroatoms. The van der Waals surface area contributed by atoms with Gasteiger partial charge in [0.05, 0.1) is 4.90 Å². The molecule has 1 aliphatic carbocycles. The Bertz CT molecular complexity index is 957. The molecule has 2 aromatic rings. The minimum atomic E-state index is -3.71. The maximum absolute atomic E-state index is 12.2. The van der Waals surface area contributed by atoms with Crippen molar-refractivity contribution in [3.05, 3.63) is 51.2 Å². The molecule has 0 saturated carbocycles. The second-order valence-corrected chi connectivity index (χ2v) is 9.68. The zero-order valence-electron chi connectivity index (χ0n) is 16.0. The van der Waals surface area contributed by atoms with Gasteiger partial charge in [-0.25, -0.2) is 18.4 Å². The molecule has 0 bridgehead atoms. The summed E-state index contributed by atoms with van der Waals surface area (Å²) in [7, 11) is -3.71. The SMILES string of the molecule is NS(=O)(=O)c1ccc(CCNC(=O)COC(=O)c2cc3c(s2)CCCCC3)cc1. The van der Waals surface area contributed by atoms with Crippen LogP contribution in [0, 0.1) is 0 Å². The van der Waals surface area contributed by atoms with E-state index in [0.717, 1.165) is 31.2 Å². The second kappa shape index (κ2) is 9.51. The lowest BCUT2D eigenvalue weighted by Crippen LogP contribution is -2.30. The highest BCUT2D eigenvalue weighted by Crippen LogP contribution is 2.29. The summed E-state index contributed by atoms with van der Waals surface area (Å²) in [6.07, 6.45) is 6.03. The van der Waals surface area contributed by atoms with Gasteiger partial charge in [-0.2, -0.15) is 0 Å². The third kappa shape index (κ3) is 6.12. The number of nitrogens with one attached hydrogen (secondary N) is 1. The fourth-order valence-corrected chi connectivity index (χ4v) is 4.88. The van der Waals surface area contributed by atoms with Crippen LogP contribution in [0.25, 0.3) is 0 Å². The third-order valence-electron chi connectivity index (χ3n) is 4.77. The van der Waals surface area contributed by atoms with E-state index in [1.54, 1.807) is 12.1 Å². The number of sulfonamides is 1. The van der Waals surface area contributed by atoms with Crippen LogP contribution in [-0.2, 0) is 38.8 Å². The molecule has 1 aromatic carbocycles. The Hall–Kier alpha value is -2.23. The quantitative estimate of drug-likeness (QED) is 0.510. The van der Waals surface area contributed by atoms with Gasteiger partial charge in [-0.3, -0.25) is 4.79 Å². The Labute approximate surface area is 174 Å². The molecule has 0 saturated heterocycles. The van der Waals surface area contributed by atoms with Crippen molar-refractivity contribution in [3.63, 3.8) is 0 Å². The Balaban J connectivity index is 1.41. The van der Waals surface area contributed by atoms with Gasteiger partial charge in [0, 0.05) is 11.4 Å². The average Bonchev–Trinajstić information content (AvgIpc) is 2.96. The molecule has 3 N–H and O–H groups in total. The number of rotatable bonds is 7. The van der Waals surface area contributed by atoms with Crippen LogP contribution >= 0.6 is 11.3 Å². The van der Waals surface area contributed by atoms with Gasteiger partial charge < -0.3 is 10.1 Å². The minimum Gasteiger partial charge on any atom is -0.451 e. The molecule has 1 aliphatic rings. The summed E-state index contributed by atoms with van der Waals surface area (Å²) in [5.74, 6) is -0.838. The fraction of sp³-hybridized carbons (Fsp3) is 0.400. The summed E-state index contributed by atoms with van der Waals surface area (Å²) in [6.45, 7) is 0.0180. The zero-order valence-corrected chi connectivity index (χ0v) is 17.6. The molecule has 0 spiro atoms. The second-order valence-electron chi connectivity index (χ2n) is 6.98. The first-order chi connectivity index (χ1) is 13.8.